The van der Waals surface area contributed by atoms with Crippen molar-refractivity contribution in [3.63, 3.8) is 0 Å². The van der Waals surface area contributed by atoms with E-state index in [1.165, 1.54) is 31.2 Å². The summed E-state index contributed by atoms with van der Waals surface area (Å²) in [5.41, 5.74) is 5.04. The number of halogens is 2. The molecule has 0 spiro atoms. The lowest BCUT2D eigenvalue weighted by Gasteiger charge is -2.24. The summed E-state index contributed by atoms with van der Waals surface area (Å²) in [6, 6.07) is 8.68. The Labute approximate surface area is 189 Å². The molecule has 2 N–H and O–H groups in total. The topological polar surface area (TPSA) is 57.3 Å². The summed E-state index contributed by atoms with van der Waals surface area (Å²) in [6.07, 6.45) is 6.07. The maximum absolute atomic E-state index is 12.7. The minimum Gasteiger partial charge on any atom is -0.325 e. The summed E-state index contributed by atoms with van der Waals surface area (Å²) in [6.45, 7) is 1.65. The second kappa shape index (κ2) is 11.3. The van der Waals surface area contributed by atoms with Crippen LogP contribution in [0.2, 0.25) is 0 Å². The molecule has 29 heavy (non-hydrogen) atoms. The summed E-state index contributed by atoms with van der Waals surface area (Å²) in [4.78, 5) is 19.3. The zero-order valence-electron chi connectivity index (χ0n) is 16.7. The van der Waals surface area contributed by atoms with E-state index >= 15 is 0 Å². The van der Waals surface area contributed by atoms with Crippen LogP contribution < -0.4 is 10.6 Å². The molecule has 4 rings (SSSR count). The van der Waals surface area contributed by atoms with Gasteiger partial charge in [-0.1, -0.05) is 25.0 Å². The predicted molar refractivity (Wildman–Crippen MR) is 124 cm³/mol. The highest BCUT2D eigenvalue weighted by molar-refractivity contribution is 7.07. The summed E-state index contributed by atoms with van der Waals surface area (Å²) in [5, 5.41) is 8.76. The van der Waals surface area contributed by atoms with E-state index in [-0.39, 0.29) is 36.8 Å². The van der Waals surface area contributed by atoms with Crippen molar-refractivity contribution in [1.82, 2.24) is 15.2 Å². The second-order valence-electron chi connectivity index (χ2n) is 7.95. The first-order valence-corrected chi connectivity index (χ1v) is 10.8. The average Bonchev–Trinajstić information content (AvgIpc) is 3.31. The maximum Gasteiger partial charge on any atom is 0.241 e. The molecule has 1 aromatic carbocycles. The maximum atomic E-state index is 12.7. The van der Waals surface area contributed by atoms with Gasteiger partial charge in [-0.2, -0.15) is 0 Å². The number of hydrogen-bond donors (Lipinski definition) is 2. The van der Waals surface area contributed by atoms with Crippen LogP contribution in [0.3, 0.4) is 0 Å². The number of nitrogens with zero attached hydrogens (tertiary/aromatic N) is 2. The second-order valence-corrected chi connectivity index (χ2v) is 8.67. The number of anilines is 1. The number of rotatable bonds is 6. The smallest absolute Gasteiger partial charge is 0.241 e. The molecule has 3 unspecified atom stereocenters. The van der Waals surface area contributed by atoms with Gasteiger partial charge in [0.15, 0.2) is 0 Å². The fourth-order valence-corrected chi connectivity index (χ4v) is 5.01. The van der Waals surface area contributed by atoms with E-state index < -0.39 is 0 Å². The first-order chi connectivity index (χ1) is 13.2. The molecule has 1 aromatic heterocycles. The van der Waals surface area contributed by atoms with E-state index in [0.29, 0.717) is 12.0 Å². The highest BCUT2D eigenvalue weighted by Crippen LogP contribution is 2.33. The Kier molecular flexibility index (Phi) is 9.37. The van der Waals surface area contributed by atoms with Gasteiger partial charge in [0.1, 0.15) is 0 Å². The van der Waals surface area contributed by atoms with Gasteiger partial charge in [-0.15, -0.1) is 36.2 Å². The van der Waals surface area contributed by atoms with Gasteiger partial charge in [0.2, 0.25) is 5.91 Å². The molecule has 2 aromatic rings. The van der Waals surface area contributed by atoms with Crippen LogP contribution in [-0.2, 0) is 17.9 Å². The van der Waals surface area contributed by atoms with E-state index in [9.17, 15) is 4.79 Å². The molecule has 1 saturated heterocycles. The van der Waals surface area contributed by atoms with Crippen LogP contribution in [0, 0.1) is 5.92 Å². The molecule has 1 amide bonds. The van der Waals surface area contributed by atoms with Crippen molar-refractivity contribution in [2.24, 2.45) is 5.92 Å². The van der Waals surface area contributed by atoms with E-state index in [0.717, 1.165) is 30.9 Å². The molecule has 1 saturated carbocycles. The van der Waals surface area contributed by atoms with Crippen LogP contribution in [0.4, 0.5) is 5.69 Å². The highest BCUT2D eigenvalue weighted by atomic mass is 35.5. The standard InChI is InChI=1S/C21H28N4OS.2ClH/c1-25(12-18-13-27-14-22-18)11-15-5-4-7-17(9-15)23-21(26)20-10-16-6-2-3-8-19(16)24-20;;/h4-5,7,9,13-14,16,19-20,24H,2-3,6,8,10-12H2,1H3,(H,23,26);2*1H. The van der Waals surface area contributed by atoms with Gasteiger partial charge in [0.05, 0.1) is 17.2 Å². The summed E-state index contributed by atoms with van der Waals surface area (Å²) in [5.74, 6) is 0.789. The van der Waals surface area contributed by atoms with Gasteiger partial charge in [-0.3, -0.25) is 9.69 Å². The van der Waals surface area contributed by atoms with E-state index in [1.54, 1.807) is 11.3 Å². The summed E-state index contributed by atoms with van der Waals surface area (Å²) >= 11 is 1.63. The lowest BCUT2D eigenvalue weighted by molar-refractivity contribution is -0.117. The monoisotopic (exact) mass is 456 g/mol. The third kappa shape index (κ3) is 6.40. The van der Waals surface area contributed by atoms with Crippen molar-refractivity contribution in [3.8, 4) is 0 Å². The van der Waals surface area contributed by atoms with Crippen LogP contribution in [-0.4, -0.2) is 34.9 Å². The molecule has 2 aliphatic rings. The summed E-state index contributed by atoms with van der Waals surface area (Å²) < 4.78 is 0. The van der Waals surface area contributed by atoms with Crippen molar-refractivity contribution in [1.29, 1.82) is 0 Å². The zero-order valence-corrected chi connectivity index (χ0v) is 19.1. The Bertz CT molecular complexity index is 760. The third-order valence-corrected chi connectivity index (χ3v) is 6.38. The number of hydrogen-bond acceptors (Lipinski definition) is 5. The fraction of sp³-hybridized carbons (Fsp3) is 0.524. The lowest BCUT2D eigenvalue weighted by Crippen LogP contribution is -2.39. The highest BCUT2D eigenvalue weighted by Gasteiger charge is 2.38. The van der Waals surface area contributed by atoms with E-state index in [2.05, 4.69) is 45.1 Å². The van der Waals surface area contributed by atoms with Crippen LogP contribution in [0.5, 0.6) is 0 Å². The number of carbonyl (C=O) groups excluding carboxylic acids is 1. The molecule has 8 heteroatoms. The van der Waals surface area contributed by atoms with Crippen LogP contribution in [0.15, 0.2) is 35.2 Å². The quantitative estimate of drug-likeness (QED) is 0.672. The van der Waals surface area contributed by atoms with Crippen molar-refractivity contribution < 1.29 is 4.79 Å². The van der Waals surface area contributed by atoms with E-state index in [1.807, 2.05) is 17.6 Å². The number of fused-ring (bicyclic) bond motifs is 1. The number of nitrogens with one attached hydrogen (secondary N) is 2. The van der Waals surface area contributed by atoms with Crippen LogP contribution in [0.25, 0.3) is 0 Å². The van der Waals surface area contributed by atoms with Crippen molar-refractivity contribution in [2.45, 2.75) is 57.3 Å². The first-order valence-electron chi connectivity index (χ1n) is 9.89. The Morgan fingerprint density at radius 1 is 1.28 bits per heavy atom. The number of benzene rings is 1. The minimum absolute atomic E-state index is 0. The number of thiazole rings is 1. The van der Waals surface area contributed by atoms with Crippen LogP contribution >= 0.6 is 36.2 Å². The van der Waals surface area contributed by atoms with Gasteiger partial charge < -0.3 is 10.6 Å². The van der Waals surface area contributed by atoms with Gasteiger partial charge in [0, 0.05) is 30.2 Å². The van der Waals surface area contributed by atoms with Gasteiger partial charge in [-0.05, 0) is 49.9 Å². The molecular weight excluding hydrogens is 427 g/mol. The zero-order chi connectivity index (χ0) is 18.6. The Hall–Kier alpha value is -1.18. The van der Waals surface area contributed by atoms with Gasteiger partial charge >= 0.3 is 0 Å². The molecule has 2 heterocycles. The van der Waals surface area contributed by atoms with Gasteiger partial charge in [0.25, 0.3) is 0 Å². The molecule has 160 valence electrons. The third-order valence-electron chi connectivity index (χ3n) is 5.74. The van der Waals surface area contributed by atoms with Gasteiger partial charge in [-0.25, -0.2) is 4.98 Å². The Balaban J connectivity index is 0.00000150. The van der Waals surface area contributed by atoms with Crippen molar-refractivity contribution >= 4 is 47.7 Å². The predicted octanol–water partition coefficient (Wildman–Crippen LogP) is 4.48. The molecular formula is C21H30Cl2N4OS. The number of carbonyl (C=O) groups is 1. The molecule has 1 aliphatic carbocycles. The normalized spacial score (nSPS) is 23.0. The molecule has 3 atom stereocenters. The largest absolute Gasteiger partial charge is 0.325 e. The number of amides is 1. The lowest BCUT2D eigenvalue weighted by atomic mass is 9.85. The average molecular weight is 457 g/mol. The van der Waals surface area contributed by atoms with Crippen LogP contribution in [0.1, 0.15) is 43.4 Å². The van der Waals surface area contributed by atoms with E-state index in [4.69, 9.17) is 0 Å². The van der Waals surface area contributed by atoms with Crippen molar-refractivity contribution in [3.05, 3.63) is 46.4 Å². The minimum atomic E-state index is -0.0471. The SMILES string of the molecule is CN(Cc1cccc(NC(=O)C2CC3CCCCC3N2)c1)Cc1cscn1.Cl.Cl. The van der Waals surface area contributed by atoms with Crippen molar-refractivity contribution in [2.75, 3.05) is 12.4 Å². The molecule has 0 bridgehead atoms. The molecule has 2 fully saturated rings. The Morgan fingerprint density at radius 3 is 2.86 bits per heavy atom. The molecule has 0 radical (unpaired) electrons. The first kappa shape index (κ1) is 24.1. The Morgan fingerprint density at radius 2 is 2.10 bits per heavy atom. The fourth-order valence-electron chi connectivity index (χ4n) is 4.46. The molecule has 1 aliphatic heterocycles. The molecule has 5 nitrogen and oxygen atoms in total. The number of aromatic nitrogens is 1. The summed E-state index contributed by atoms with van der Waals surface area (Å²) in [7, 11) is 2.09.